The molecule has 0 saturated carbocycles. The number of pyridine rings is 1. The maximum Gasteiger partial charge on any atom is 0.258 e. The topological polar surface area (TPSA) is 77.8 Å². The highest BCUT2D eigenvalue weighted by Gasteiger charge is 2.13. The lowest BCUT2D eigenvalue weighted by Gasteiger charge is -2.02. The Morgan fingerprint density at radius 1 is 1.14 bits per heavy atom. The highest BCUT2D eigenvalue weighted by Crippen LogP contribution is 2.32. The molecule has 0 bridgehead atoms. The molecule has 0 spiro atoms. The van der Waals surface area contributed by atoms with Crippen LogP contribution in [0.4, 0.5) is 5.69 Å². The quantitative estimate of drug-likeness (QED) is 0.746. The molecule has 0 unspecified atom stereocenters. The summed E-state index contributed by atoms with van der Waals surface area (Å²) < 4.78 is 5.23. The molecule has 0 amide bonds. The van der Waals surface area contributed by atoms with Crippen LogP contribution in [0, 0.1) is 0 Å². The lowest BCUT2D eigenvalue weighted by Crippen LogP contribution is -1.93. The van der Waals surface area contributed by atoms with Gasteiger partial charge in [0.1, 0.15) is 0 Å². The average Bonchev–Trinajstić information content (AvgIpc) is 2.94. The van der Waals surface area contributed by atoms with E-state index in [1.54, 1.807) is 18.3 Å². The first-order valence-electron chi connectivity index (χ1n) is 6.11. The number of nitrogens with two attached hydrogens (primary N) is 1. The number of aromatic nitrogens is 3. The molecule has 1 aromatic carbocycles. The maximum absolute atomic E-state index is 6.00. The predicted molar refractivity (Wildman–Crippen MR) is 81.2 cm³/mol. The summed E-state index contributed by atoms with van der Waals surface area (Å²) in [4.78, 5) is 8.53. The molecule has 2 heterocycles. The fourth-order valence-corrected chi connectivity index (χ4v) is 2.30. The van der Waals surface area contributed by atoms with E-state index < -0.39 is 0 Å². The van der Waals surface area contributed by atoms with Gasteiger partial charge < -0.3 is 10.3 Å². The molecular weight excluding hydrogens is 311 g/mol. The van der Waals surface area contributed by atoms with Gasteiger partial charge in [0.05, 0.1) is 22.2 Å². The minimum Gasteiger partial charge on any atom is -0.396 e. The number of nitrogens with zero attached hydrogens (tertiary/aromatic N) is 3. The maximum atomic E-state index is 6.00. The molecule has 2 aromatic heterocycles. The number of rotatable bonds is 3. The van der Waals surface area contributed by atoms with E-state index >= 15 is 0 Å². The van der Waals surface area contributed by atoms with Crippen molar-refractivity contribution in [3.05, 3.63) is 58.1 Å². The van der Waals surface area contributed by atoms with Gasteiger partial charge in [-0.3, -0.25) is 4.98 Å². The first-order valence-corrected chi connectivity index (χ1v) is 6.86. The van der Waals surface area contributed by atoms with Crippen LogP contribution in [0.3, 0.4) is 0 Å². The summed E-state index contributed by atoms with van der Waals surface area (Å²) in [5, 5.41) is 4.62. The van der Waals surface area contributed by atoms with E-state index in [4.69, 9.17) is 33.5 Å². The van der Waals surface area contributed by atoms with E-state index in [9.17, 15) is 0 Å². The molecule has 0 radical (unpaired) electrons. The molecule has 21 heavy (non-hydrogen) atoms. The smallest absolute Gasteiger partial charge is 0.258 e. The third-order valence-corrected chi connectivity index (χ3v) is 3.48. The molecule has 0 fully saturated rings. The Labute approximate surface area is 130 Å². The van der Waals surface area contributed by atoms with E-state index in [0.29, 0.717) is 39.4 Å². The summed E-state index contributed by atoms with van der Waals surface area (Å²) in [5.41, 5.74) is 7.51. The summed E-state index contributed by atoms with van der Waals surface area (Å²) >= 11 is 12.0. The van der Waals surface area contributed by atoms with Crippen LogP contribution in [0.25, 0.3) is 11.5 Å². The Morgan fingerprint density at radius 2 is 1.90 bits per heavy atom. The van der Waals surface area contributed by atoms with Gasteiger partial charge in [-0.2, -0.15) is 4.98 Å². The van der Waals surface area contributed by atoms with Crippen molar-refractivity contribution in [2.45, 2.75) is 6.42 Å². The monoisotopic (exact) mass is 320 g/mol. The number of hydrogen-bond donors (Lipinski definition) is 1. The molecule has 7 heteroatoms. The Kier molecular flexibility index (Phi) is 3.77. The van der Waals surface area contributed by atoms with Gasteiger partial charge in [0.25, 0.3) is 5.89 Å². The molecule has 3 aromatic rings. The molecule has 2 N–H and O–H groups in total. The number of anilines is 1. The van der Waals surface area contributed by atoms with Crippen molar-refractivity contribution >= 4 is 28.9 Å². The lowest BCUT2D eigenvalue weighted by atomic mass is 10.2. The summed E-state index contributed by atoms with van der Waals surface area (Å²) in [5.74, 6) is 0.873. The standard InChI is InChI=1S/C14H10Cl2N4O/c15-10-5-8(6-11(16)13(10)17)14-19-12(20-21-14)7-9-3-1-2-4-18-9/h1-6H,7,17H2. The molecule has 0 aliphatic rings. The second-order valence-corrected chi connectivity index (χ2v) is 5.18. The summed E-state index contributed by atoms with van der Waals surface area (Å²) in [6, 6.07) is 8.93. The third kappa shape index (κ3) is 2.99. The molecule has 0 aliphatic carbocycles. The van der Waals surface area contributed by atoms with E-state index in [2.05, 4.69) is 15.1 Å². The van der Waals surface area contributed by atoms with Gasteiger partial charge in [0.2, 0.25) is 0 Å². The van der Waals surface area contributed by atoms with Crippen LogP contribution in [0.5, 0.6) is 0 Å². The Bertz CT molecular complexity index is 751. The first-order chi connectivity index (χ1) is 10.1. The van der Waals surface area contributed by atoms with Gasteiger partial charge in [-0.25, -0.2) is 0 Å². The summed E-state index contributed by atoms with van der Waals surface area (Å²) in [7, 11) is 0. The van der Waals surface area contributed by atoms with Crippen LogP contribution >= 0.6 is 23.2 Å². The predicted octanol–water partition coefficient (Wildman–Crippen LogP) is 3.61. The van der Waals surface area contributed by atoms with Crippen molar-refractivity contribution in [2.24, 2.45) is 0 Å². The van der Waals surface area contributed by atoms with Gasteiger partial charge in [0.15, 0.2) is 5.82 Å². The lowest BCUT2D eigenvalue weighted by molar-refractivity contribution is 0.423. The second-order valence-electron chi connectivity index (χ2n) is 4.37. The van der Waals surface area contributed by atoms with Crippen LogP contribution in [0.1, 0.15) is 11.5 Å². The third-order valence-electron chi connectivity index (χ3n) is 2.86. The molecule has 106 valence electrons. The summed E-state index contributed by atoms with van der Waals surface area (Å²) in [6.07, 6.45) is 2.20. The zero-order valence-electron chi connectivity index (χ0n) is 10.8. The van der Waals surface area contributed by atoms with E-state index in [0.717, 1.165) is 5.69 Å². The minimum absolute atomic E-state index is 0.329. The van der Waals surface area contributed by atoms with E-state index in [1.807, 2.05) is 18.2 Å². The fraction of sp³-hybridized carbons (Fsp3) is 0.0714. The summed E-state index contributed by atoms with van der Waals surface area (Å²) in [6.45, 7) is 0. The van der Waals surface area contributed by atoms with Crippen LogP contribution in [0.2, 0.25) is 10.0 Å². The normalized spacial score (nSPS) is 10.8. The molecule has 5 nitrogen and oxygen atoms in total. The van der Waals surface area contributed by atoms with Crippen molar-refractivity contribution < 1.29 is 4.52 Å². The molecule has 3 rings (SSSR count). The zero-order chi connectivity index (χ0) is 14.8. The Morgan fingerprint density at radius 3 is 2.57 bits per heavy atom. The van der Waals surface area contributed by atoms with Crippen LogP contribution in [-0.4, -0.2) is 15.1 Å². The minimum atomic E-state index is 0.329. The van der Waals surface area contributed by atoms with Gasteiger partial charge in [-0.15, -0.1) is 0 Å². The van der Waals surface area contributed by atoms with Crippen molar-refractivity contribution in [3.8, 4) is 11.5 Å². The molecule has 0 aliphatic heterocycles. The van der Waals surface area contributed by atoms with Crippen LogP contribution in [-0.2, 0) is 6.42 Å². The zero-order valence-corrected chi connectivity index (χ0v) is 12.3. The Balaban J connectivity index is 1.88. The molecular formula is C14H10Cl2N4O. The number of benzene rings is 1. The van der Waals surface area contributed by atoms with Gasteiger partial charge >= 0.3 is 0 Å². The van der Waals surface area contributed by atoms with E-state index in [-0.39, 0.29) is 0 Å². The van der Waals surface area contributed by atoms with Crippen LogP contribution in [0.15, 0.2) is 41.1 Å². The van der Waals surface area contributed by atoms with Gasteiger partial charge in [-0.1, -0.05) is 34.4 Å². The van der Waals surface area contributed by atoms with Gasteiger partial charge in [0, 0.05) is 17.5 Å². The highest BCUT2D eigenvalue weighted by atomic mass is 35.5. The number of halogens is 2. The second kappa shape index (κ2) is 5.71. The molecule has 0 saturated heterocycles. The largest absolute Gasteiger partial charge is 0.396 e. The van der Waals surface area contributed by atoms with Crippen molar-refractivity contribution in [1.29, 1.82) is 0 Å². The fourth-order valence-electron chi connectivity index (χ4n) is 1.82. The van der Waals surface area contributed by atoms with Crippen molar-refractivity contribution in [3.63, 3.8) is 0 Å². The molecule has 0 atom stereocenters. The van der Waals surface area contributed by atoms with Crippen molar-refractivity contribution in [1.82, 2.24) is 15.1 Å². The number of nitrogen functional groups attached to an aromatic ring is 1. The van der Waals surface area contributed by atoms with E-state index in [1.165, 1.54) is 0 Å². The first kappa shape index (κ1) is 13.9. The van der Waals surface area contributed by atoms with Crippen LogP contribution < -0.4 is 5.73 Å². The van der Waals surface area contributed by atoms with Gasteiger partial charge in [-0.05, 0) is 24.3 Å². The van der Waals surface area contributed by atoms with Crippen molar-refractivity contribution in [2.75, 3.05) is 5.73 Å². The average molecular weight is 321 g/mol. The highest BCUT2D eigenvalue weighted by molar-refractivity contribution is 6.39. The SMILES string of the molecule is Nc1c(Cl)cc(-c2nc(Cc3ccccn3)no2)cc1Cl. The number of hydrogen-bond acceptors (Lipinski definition) is 5. The Hall–Kier alpha value is -2.11.